The number of carbonyl (C=O) groups is 1. The lowest BCUT2D eigenvalue weighted by Crippen LogP contribution is -2.26. The predicted molar refractivity (Wildman–Crippen MR) is 301 cm³/mol. The molecule has 0 bridgehead atoms. The first-order valence-corrected chi connectivity index (χ1v) is 27.6. The van der Waals surface area contributed by atoms with Crippen LogP contribution in [0.15, 0.2) is 133 Å². The summed E-state index contributed by atoms with van der Waals surface area (Å²) in [4.78, 5) is 21.7. The predicted octanol–water partition coefficient (Wildman–Crippen LogP) is 17.9. The summed E-state index contributed by atoms with van der Waals surface area (Å²) in [6, 6.07) is 49.5. The van der Waals surface area contributed by atoms with Crippen molar-refractivity contribution in [2.75, 3.05) is 4.90 Å². The minimum Gasteiger partial charge on any atom is -0.476 e. The molecule has 0 atom stereocenters. The number of hydrogen-bond donors (Lipinski definition) is 1. The van der Waals surface area contributed by atoms with E-state index in [1.54, 1.807) is 23.5 Å². The molecule has 0 saturated heterocycles. The zero-order valence-electron chi connectivity index (χ0n) is 41.6. The number of aromatic carboxylic acids is 1. The zero-order chi connectivity index (χ0) is 49.7. The molecule has 3 aromatic heterocycles. The van der Waals surface area contributed by atoms with Crippen molar-refractivity contribution >= 4 is 80.3 Å². The Labute approximate surface area is 437 Å². The Bertz CT molecular complexity index is 3440. The fourth-order valence-electron chi connectivity index (χ4n) is 12.3. The van der Waals surface area contributed by atoms with E-state index in [2.05, 4.69) is 153 Å². The largest absolute Gasteiger partial charge is 0.476 e. The van der Waals surface area contributed by atoms with E-state index in [9.17, 15) is 9.90 Å². The second kappa shape index (κ2) is 19.6. The van der Waals surface area contributed by atoms with Crippen LogP contribution in [0.25, 0.3) is 55.5 Å². The highest BCUT2D eigenvalue weighted by Gasteiger charge is 2.44. The number of rotatable bonds is 18. The van der Waals surface area contributed by atoms with E-state index in [-0.39, 0.29) is 16.5 Å². The molecule has 2 aliphatic rings. The molecule has 364 valence electrons. The molecule has 9 aromatic rings. The van der Waals surface area contributed by atoms with Gasteiger partial charge in [0, 0.05) is 42.7 Å². The summed E-state index contributed by atoms with van der Waals surface area (Å²) in [5.41, 5.74) is 17.2. The van der Waals surface area contributed by atoms with Gasteiger partial charge in [0.25, 0.3) is 0 Å². The fourth-order valence-corrected chi connectivity index (χ4v) is 13.8. The summed E-state index contributed by atoms with van der Waals surface area (Å²) in [5, 5.41) is 15.9. The quantitative estimate of drug-likeness (QED) is 0.0927. The Balaban J connectivity index is 1.04. The normalized spacial score (nSPS) is 14.2. The number of benzene rings is 6. The number of aromatic nitrogens is 3. The summed E-state index contributed by atoms with van der Waals surface area (Å²) in [6.07, 6.45) is 15.7. The average Bonchev–Trinajstić information content (AvgIpc) is 4.21. The standard InChI is InChI=1S/C63H60Cl2N4O2S/c1-5-9-31-62(32-10-6-2)51-19-15-13-17-46(51)48-28-25-43(37-53(48)62)68(44-26-29-49-47-18-14-16-20-52(47)63(33-11-7-3,34-12-8-4)54(49)38-44)42-23-21-40(22-24-42)57-30-27-45(72-57)39-50-58(61(70)71)67-69-59-55(65)35-41(64)36-56(59)66-60(50)69/h13-30,35-39H,5-12,31-34H2,1-4H3,(H,70,71)/b50-39-. The number of thiophene rings is 1. The van der Waals surface area contributed by atoms with Crippen molar-refractivity contribution in [2.45, 2.75) is 116 Å². The highest BCUT2D eigenvalue weighted by atomic mass is 35.5. The molecule has 0 spiro atoms. The van der Waals surface area contributed by atoms with Gasteiger partial charge in [-0.05, 0) is 142 Å². The molecule has 2 aliphatic carbocycles. The third kappa shape index (κ3) is 8.04. The molecule has 0 radical (unpaired) electrons. The van der Waals surface area contributed by atoms with E-state index in [0.717, 1.165) is 72.4 Å². The van der Waals surface area contributed by atoms with Gasteiger partial charge < -0.3 is 10.0 Å². The second-order valence-electron chi connectivity index (χ2n) is 20.0. The maximum Gasteiger partial charge on any atom is 0.357 e. The number of fused-ring (bicyclic) bond motifs is 9. The minimum absolute atomic E-state index is 0.0479. The first-order chi connectivity index (χ1) is 35.1. The van der Waals surface area contributed by atoms with Crippen LogP contribution in [0, 0.1) is 0 Å². The minimum atomic E-state index is -1.14. The van der Waals surface area contributed by atoms with Crippen LogP contribution in [-0.4, -0.2) is 25.7 Å². The van der Waals surface area contributed by atoms with Crippen LogP contribution < -0.4 is 10.1 Å². The molecule has 0 fully saturated rings. The highest BCUT2D eigenvalue weighted by molar-refractivity contribution is 7.16. The van der Waals surface area contributed by atoms with Crippen LogP contribution >= 0.6 is 34.5 Å². The molecule has 72 heavy (non-hydrogen) atoms. The van der Waals surface area contributed by atoms with Gasteiger partial charge in [0.2, 0.25) is 0 Å². The van der Waals surface area contributed by atoms with Gasteiger partial charge in [-0.25, -0.2) is 14.3 Å². The third-order valence-corrected chi connectivity index (χ3v) is 17.3. The van der Waals surface area contributed by atoms with E-state index in [0.29, 0.717) is 31.9 Å². The number of halogens is 2. The average molecular weight is 1010 g/mol. The lowest BCUT2D eigenvalue weighted by Gasteiger charge is -2.35. The number of nitrogens with zero attached hydrogens (tertiary/aromatic N) is 4. The van der Waals surface area contributed by atoms with Crippen molar-refractivity contribution in [1.29, 1.82) is 0 Å². The first kappa shape index (κ1) is 48.0. The summed E-state index contributed by atoms with van der Waals surface area (Å²) in [6.45, 7) is 9.29. The van der Waals surface area contributed by atoms with E-state index in [4.69, 9.17) is 28.2 Å². The molecule has 0 amide bonds. The summed E-state index contributed by atoms with van der Waals surface area (Å²) in [7, 11) is 0. The van der Waals surface area contributed by atoms with Crippen molar-refractivity contribution < 1.29 is 9.90 Å². The SMILES string of the molecule is CCCCC1(CCCC)c2ccccc2-c2ccc(N(c3ccc(-c4ccc(/C=c5/c(C(=O)O)nn6c5nc5cc(Cl)cc(Cl)c56)s4)cc3)c3ccc4c(c3)C(CCCC)(CCCC)c3ccccc3-4)cc21. The molecular formula is C63H60Cl2N4O2S. The summed E-state index contributed by atoms with van der Waals surface area (Å²) < 4.78 is 1.51. The number of carboxylic acid groups (broad SMARTS) is 1. The van der Waals surface area contributed by atoms with Crippen molar-refractivity contribution in [2.24, 2.45) is 0 Å². The number of hydrogen-bond acceptors (Lipinski definition) is 5. The van der Waals surface area contributed by atoms with E-state index < -0.39 is 5.97 Å². The Morgan fingerprint density at radius 3 is 1.67 bits per heavy atom. The first-order valence-electron chi connectivity index (χ1n) is 26.0. The number of imidazole rings is 1. The van der Waals surface area contributed by atoms with Gasteiger partial charge in [0.05, 0.1) is 15.8 Å². The topological polar surface area (TPSA) is 70.7 Å². The van der Waals surface area contributed by atoms with Gasteiger partial charge in [-0.15, -0.1) is 11.3 Å². The van der Waals surface area contributed by atoms with Gasteiger partial charge in [-0.2, -0.15) is 5.10 Å². The Hall–Kier alpha value is -6.25. The van der Waals surface area contributed by atoms with Gasteiger partial charge >= 0.3 is 5.97 Å². The van der Waals surface area contributed by atoms with Crippen LogP contribution in [-0.2, 0) is 10.8 Å². The molecule has 0 unspecified atom stereocenters. The molecule has 9 heteroatoms. The number of unbranched alkanes of at least 4 members (excludes halogenated alkanes) is 4. The molecule has 6 nitrogen and oxygen atoms in total. The molecule has 3 heterocycles. The Morgan fingerprint density at radius 1 is 0.625 bits per heavy atom. The Morgan fingerprint density at radius 2 is 1.14 bits per heavy atom. The molecule has 0 aliphatic heterocycles. The number of carboxylic acids is 1. The molecule has 11 rings (SSSR count). The van der Waals surface area contributed by atoms with Gasteiger partial charge in [-0.3, -0.25) is 0 Å². The summed E-state index contributed by atoms with van der Waals surface area (Å²) >= 11 is 14.5. The van der Waals surface area contributed by atoms with E-state index in [1.807, 2.05) is 12.1 Å². The molecule has 0 saturated carbocycles. The molecule has 1 N–H and O–H groups in total. The maximum absolute atomic E-state index is 12.5. The van der Waals surface area contributed by atoms with Crippen molar-refractivity contribution in [1.82, 2.24) is 14.6 Å². The monoisotopic (exact) mass is 1010 g/mol. The van der Waals surface area contributed by atoms with Crippen LogP contribution in [0.4, 0.5) is 17.1 Å². The molecule has 6 aromatic carbocycles. The maximum atomic E-state index is 12.5. The van der Waals surface area contributed by atoms with Gasteiger partial charge in [0.1, 0.15) is 5.52 Å². The smallest absolute Gasteiger partial charge is 0.357 e. The van der Waals surface area contributed by atoms with Crippen LogP contribution in [0.3, 0.4) is 0 Å². The Kier molecular flexibility index (Phi) is 13.1. The second-order valence-corrected chi connectivity index (χ2v) is 22.0. The van der Waals surface area contributed by atoms with Crippen molar-refractivity contribution in [3.05, 3.63) is 182 Å². The lowest BCUT2D eigenvalue weighted by atomic mass is 9.70. The highest BCUT2D eigenvalue weighted by Crippen LogP contribution is 2.58. The van der Waals surface area contributed by atoms with E-state index >= 15 is 0 Å². The van der Waals surface area contributed by atoms with Crippen molar-refractivity contribution in [3.8, 4) is 32.7 Å². The number of anilines is 3. The van der Waals surface area contributed by atoms with Crippen LogP contribution in [0.1, 0.15) is 142 Å². The zero-order valence-corrected chi connectivity index (χ0v) is 43.9. The van der Waals surface area contributed by atoms with Crippen LogP contribution in [0.5, 0.6) is 0 Å². The van der Waals surface area contributed by atoms with Crippen LogP contribution in [0.2, 0.25) is 10.0 Å². The van der Waals surface area contributed by atoms with Gasteiger partial charge in [0.15, 0.2) is 11.3 Å². The summed E-state index contributed by atoms with van der Waals surface area (Å²) in [5.74, 6) is -1.14. The third-order valence-electron chi connectivity index (χ3n) is 15.7. The van der Waals surface area contributed by atoms with Gasteiger partial charge in [-0.1, -0.05) is 175 Å². The lowest BCUT2D eigenvalue weighted by molar-refractivity contribution is 0.0689. The molecular weight excluding hydrogens is 948 g/mol. The van der Waals surface area contributed by atoms with Crippen molar-refractivity contribution in [3.63, 3.8) is 0 Å². The fraction of sp³-hybridized carbons (Fsp3) is 0.286. The van der Waals surface area contributed by atoms with E-state index in [1.165, 1.54) is 86.1 Å².